The summed E-state index contributed by atoms with van der Waals surface area (Å²) in [5.41, 5.74) is -0.0614. The predicted molar refractivity (Wildman–Crippen MR) is 105 cm³/mol. The number of rotatable bonds is 5. The Hall–Kier alpha value is -2.68. The number of benzene rings is 1. The van der Waals surface area contributed by atoms with Crippen molar-refractivity contribution in [1.82, 2.24) is 15.2 Å². The third kappa shape index (κ3) is 3.30. The van der Waals surface area contributed by atoms with Gasteiger partial charge in [-0.1, -0.05) is 36.7 Å². The van der Waals surface area contributed by atoms with Gasteiger partial charge in [0.2, 0.25) is 5.91 Å². The minimum absolute atomic E-state index is 0.0301. The molecule has 1 saturated carbocycles. The molecule has 2 fully saturated rings. The Labute approximate surface area is 166 Å². The zero-order chi connectivity index (χ0) is 19.7. The largest absolute Gasteiger partial charge is 0.494 e. The topological polar surface area (TPSA) is 101 Å². The number of nitrogens with one attached hydrogen (secondary N) is 2. The van der Waals surface area contributed by atoms with Crippen LogP contribution in [0.25, 0.3) is 10.2 Å². The molecule has 2 N–H and O–H groups in total. The molecule has 1 aliphatic heterocycles. The molecule has 0 unspecified atom stereocenters. The van der Waals surface area contributed by atoms with Gasteiger partial charge >= 0.3 is 6.03 Å². The van der Waals surface area contributed by atoms with E-state index in [2.05, 4.69) is 15.6 Å². The summed E-state index contributed by atoms with van der Waals surface area (Å²) in [7, 11) is 1.57. The third-order valence-electron chi connectivity index (χ3n) is 5.36. The molecule has 1 aromatic heterocycles. The Morgan fingerprint density at radius 3 is 2.86 bits per heavy atom. The van der Waals surface area contributed by atoms with Gasteiger partial charge in [-0.25, -0.2) is 9.78 Å². The molecule has 148 valence electrons. The summed E-state index contributed by atoms with van der Waals surface area (Å²) in [4.78, 5) is 42.9. The SMILES string of the molecule is COc1cccc2sc(NC(=O)CCN3C(=O)NC4(CCCCC4)C3=O)nc12. The Kier molecular flexibility index (Phi) is 4.92. The normalized spacial score (nSPS) is 18.5. The first-order valence-electron chi connectivity index (χ1n) is 9.40. The van der Waals surface area contributed by atoms with Gasteiger partial charge in [0, 0.05) is 13.0 Å². The van der Waals surface area contributed by atoms with Gasteiger partial charge in [0.05, 0.1) is 11.8 Å². The van der Waals surface area contributed by atoms with Gasteiger partial charge in [-0.3, -0.25) is 14.5 Å². The molecular formula is C19H22N4O4S. The third-order valence-corrected chi connectivity index (χ3v) is 6.30. The Morgan fingerprint density at radius 2 is 2.11 bits per heavy atom. The number of ether oxygens (including phenoxy) is 1. The maximum Gasteiger partial charge on any atom is 0.325 e. The van der Waals surface area contributed by atoms with Crippen LogP contribution in [-0.2, 0) is 9.59 Å². The minimum Gasteiger partial charge on any atom is -0.494 e. The summed E-state index contributed by atoms with van der Waals surface area (Å²) in [6.07, 6.45) is 4.33. The first kappa shape index (κ1) is 18.7. The molecule has 0 radical (unpaired) electrons. The lowest BCUT2D eigenvalue weighted by Gasteiger charge is -2.30. The van der Waals surface area contributed by atoms with Gasteiger partial charge in [0.1, 0.15) is 16.8 Å². The number of para-hydroxylation sites is 1. The van der Waals surface area contributed by atoms with Crippen LogP contribution in [0.15, 0.2) is 18.2 Å². The second-order valence-corrected chi connectivity index (χ2v) is 8.18. The second kappa shape index (κ2) is 7.38. The maximum absolute atomic E-state index is 12.7. The van der Waals surface area contributed by atoms with E-state index < -0.39 is 11.6 Å². The zero-order valence-corrected chi connectivity index (χ0v) is 16.4. The van der Waals surface area contributed by atoms with E-state index in [1.54, 1.807) is 7.11 Å². The highest BCUT2D eigenvalue weighted by molar-refractivity contribution is 7.22. The Morgan fingerprint density at radius 1 is 1.32 bits per heavy atom. The second-order valence-electron chi connectivity index (χ2n) is 7.15. The van der Waals surface area contributed by atoms with E-state index in [1.165, 1.54) is 16.2 Å². The number of methoxy groups -OCH3 is 1. The Balaban J connectivity index is 1.38. The van der Waals surface area contributed by atoms with Crippen molar-refractivity contribution in [3.8, 4) is 5.75 Å². The van der Waals surface area contributed by atoms with Crippen LogP contribution in [0.5, 0.6) is 5.75 Å². The molecule has 2 aliphatic rings. The summed E-state index contributed by atoms with van der Waals surface area (Å²) >= 11 is 1.35. The molecular weight excluding hydrogens is 380 g/mol. The van der Waals surface area contributed by atoms with Crippen LogP contribution in [0.3, 0.4) is 0 Å². The number of anilines is 1. The number of amides is 4. The minimum atomic E-state index is -0.755. The number of thiazole rings is 1. The Bertz CT molecular complexity index is 935. The number of hydrogen-bond donors (Lipinski definition) is 2. The number of carbonyl (C=O) groups excluding carboxylic acids is 3. The fourth-order valence-electron chi connectivity index (χ4n) is 3.91. The van der Waals surface area contributed by atoms with Gasteiger partial charge in [0.25, 0.3) is 5.91 Å². The van der Waals surface area contributed by atoms with E-state index in [4.69, 9.17) is 4.74 Å². The molecule has 9 heteroatoms. The van der Waals surface area contributed by atoms with E-state index in [-0.39, 0.29) is 24.8 Å². The molecule has 2 heterocycles. The molecule has 1 aliphatic carbocycles. The standard InChI is InChI=1S/C19H22N4O4S/c1-27-12-6-5-7-13-15(12)21-17(28-13)20-14(24)8-11-23-16(25)19(22-18(23)26)9-3-2-4-10-19/h5-7H,2-4,8-11H2,1H3,(H,22,26)(H,20,21,24). The van der Waals surface area contributed by atoms with Crippen LogP contribution in [0.2, 0.25) is 0 Å². The van der Waals surface area contributed by atoms with Gasteiger partial charge in [-0.15, -0.1) is 0 Å². The number of fused-ring (bicyclic) bond motifs is 1. The van der Waals surface area contributed by atoms with Crippen LogP contribution >= 0.6 is 11.3 Å². The monoisotopic (exact) mass is 402 g/mol. The molecule has 1 aromatic carbocycles. The van der Waals surface area contributed by atoms with Crippen molar-refractivity contribution in [2.75, 3.05) is 19.0 Å². The van der Waals surface area contributed by atoms with E-state index >= 15 is 0 Å². The highest BCUT2D eigenvalue weighted by atomic mass is 32.1. The molecule has 0 atom stereocenters. The number of carbonyl (C=O) groups is 3. The highest BCUT2D eigenvalue weighted by Crippen LogP contribution is 2.34. The molecule has 2 aromatic rings. The average Bonchev–Trinajstić information content (AvgIpc) is 3.19. The predicted octanol–water partition coefficient (Wildman–Crippen LogP) is 2.89. The van der Waals surface area contributed by atoms with E-state index in [0.717, 1.165) is 24.0 Å². The fraction of sp³-hybridized carbons (Fsp3) is 0.474. The van der Waals surface area contributed by atoms with Crippen molar-refractivity contribution in [3.05, 3.63) is 18.2 Å². The first-order valence-corrected chi connectivity index (χ1v) is 10.2. The molecule has 8 nitrogen and oxygen atoms in total. The lowest BCUT2D eigenvalue weighted by atomic mass is 9.82. The quantitative estimate of drug-likeness (QED) is 0.749. The van der Waals surface area contributed by atoms with Gasteiger partial charge in [-0.05, 0) is 25.0 Å². The van der Waals surface area contributed by atoms with Crippen molar-refractivity contribution in [3.63, 3.8) is 0 Å². The van der Waals surface area contributed by atoms with Crippen LogP contribution in [-0.4, -0.2) is 46.9 Å². The maximum atomic E-state index is 12.7. The molecule has 28 heavy (non-hydrogen) atoms. The smallest absolute Gasteiger partial charge is 0.325 e. The zero-order valence-electron chi connectivity index (χ0n) is 15.6. The summed E-state index contributed by atoms with van der Waals surface area (Å²) in [6.45, 7) is 0.0620. The molecule has 1 saturated heterocycles. The van der Waals surface area contributed by atoms with Crippen LogP contribution in [0.4, 0.5) is 9.93 Å². The van der Waals surface area contributed by atoms with Crippen molar-refractivity contribution in [2.24, 2.45) is 0 Å². The van der Waals surface area contributed by atoms with E-state index in [0.29, 0.717) is 29.2 Å². The van der Waals surface area contributed by atoms with Crippen LogP contribution in [0.1, 0.15) is 38.5 Å². The number of nitrogens with zero attached hydrogens (tertiary/aromatic N) is 2. The molecule has 4 rings (SSSR count). The van der Waals surface area contributed by atoms with Crippen molar-refractivity contribution < 1.29 is 19.1 Å². The summed E-state index contributed by atoms with van der Waals surface area (Å²) in [5.74, 6) is 0.157. The molecule has 1 spiro atoms. The van der Waals surface area contributed by atoms with Crippen molar-refractivity contribution >= 4 is 44.5 Å². The first-order chi connectivity index (χ1) is 13.5. The fourth-order valence-corrected chi connectivity index (χ4v) is 4.81. The molecule has 0 bridgehead atoms. The van der Waals surface area contributed by atoms with Gasteiger partial charge < -0.3 is 15.4 Å². The number of aromatic nitrogens is 1. The summed E-state index contributed by atoms with van der Waals surface area (Å²) in [6, 6.07) is 5.18. The highest BCUT2D eigenvalue weighted by Gasteiger charge is 2.51. The van der Waals surface area contributed by atoms with Crippen LogP contribution < -0.4 is 15.4 Å². The van der Waals surface area contributed by atoms with E-state index in [9.17, 15) is 14.4 Å². The van der Waals surface area contributed by atoms with Crippen molar-refractivity contribution in [2.45, 2.75) is 44.1 Å². The van der Waals surface area contributed by atoms with Crippen molar-refractivity contribution in [1.29, 1.82) is 0 Å². The average molecular weight is 402 g/mol. The lowest BCUT2D eigenvalue weighted by molar-refractivity contribution is -0.132. The number of urea groups is 1. The molecule has 4 amide bonds. The van der Waals surface area contributed by atoms with E-state index in [1.807, 2.05) is 18.2 Å². The van der Waals surface area contributed by atoms with Gasteiger partial charge in [0.15, 0.2) is 5.13 Å². The summed E-state index contributed by atoms with van der Waals surface area (Å²) in [5, 5.41) is 6.07. The summed E-state index contributed by atoms with van der Waals surface area (Å²) < 4.78 is 6.19. The van der Waals surface area contributed by atoms with Gasteiger partial charge in [-0.2, -0.15) is 0 Å². The number of imide groups is 1. The lowest BCUT2D eigenvalue weighted by Crippen LogP contribution is -2.48. The number of hydrogen-bond acceptors (Lipinski definition) is 6. The van der Waals surface area contributed by atoms with Crippen LogP contribution in [0, 0.1) is 0 Å².